The number of hydrogen-bond acceptors (Lipinski definition) is 3. The van der Waals surface area contributed by atoms with E-state index in [2.05, 4.69) is 5.32 Å². The molecule has 0 bridgehead atoms. The number of hydrogen-bond donors (Lipinski definition) is 3. The monoisotopic (exact) mass is 241 g/mol. The number of nitrogens with one attached hydrogen (secondary N) is 1. The third kappa shape index (κ3) is 3.98. The van der Waals surface area contributed by atoms with Crippen LogP contribution in [0.1, 0.15) is 32.4 Å². The topological polar surface area (TPSA) is 52.5 Å². The van der Waals surface area contributed by atoms with E-state index in [1.54, 1.807) is 6.07 Å². The predicted octanol–water partition coefficient (Wildman–Crippen LogP) is 2.20. The van der Waals surface area contributed by atoms with Crippen LogP contribution in [0.4, 0.5) is 4.39 Å². The Morgan fingerprint density at radius 1 is 1.41 bits per heavy atom. The van der Waals surface area contributed by atoms with Gasteiger partial charge in [-0.3, -0.25) is 0 Å². The highest BCUT2D eigenvalue weighted by Crippen LogP contribution is 2.25. The molecule has 3 N–H and O–H groups in total. The van der Waals surface area contributed by atoms with Crippen molar-refractivity contribution in [3.05, 3.63) is 29.6 Å². The summed E-state index contributed by atoms with van der Waals surface area (Å²) in [5.74, 6) is -0.499. The van der Waals surface area contributed by atoms with Crippen molar-refractivity contribution in [2.75, 3.05) is 13.2 Å². The van der Waals surface area contributed by atoms with Crippen molar-refractivity contribution in [3.63, 3.8) is 0 Å². The number of aromatic hydroxyl groups is 1. The van der Waals surface area contributed by atoms with E-state index < -0.39 is 5.82 Å². The van der Waals surface area contributed by atoms with Crippen molar-refractivity contribution in [2.45, 2.75) is 26.8 Å². The highest BCUT2D eigenvalue weighted by Gasteiger charge is 2.18. The summed E-state index contributed by atoms with van der Waals surface area (Å²) in [4.78, 5) is 0. The molecule has 1 aromatic rings. The van der Waals surface area contributed by atoms with Gasteiger partial charge in [0.15, 0.2) is 0 Å². The first-order valence-electron chi connectivity index (χ1n) is 5.68. The Bertz CT molecular complexity index is 380. The smallest absolute Gasteiger partial charge is 0.126 e. The van der Waals surface area contributed by atoms with Gasteiger partial charge in [0.05, 0.1) is 0 Å². The average molecular weight is 241 g/mol. The first-order valence-corrected chi connectivity index (χ1v) is 5.68. The van der Waals surface area contributed by atoms with Gasteiger partial charge in [0, 0.05) is 36.2 Å². The van der Waals surface area contributed by atoms with Gasteiger partial charge in [-0.25, -0.2) is 4.39 Å². The lowest BCUT2D eigenvalue weighted by molar-refractivity contribution is 0.153. The maximum absolute atomic E-state index is 12.8. The van der Waals surface area contributed by atoms with Gasteiger partial charge in [0.25, 0.3) is 0 Å². The van der Waals surface area contributed by atoms with Gasteiger partial charge in [-0.1, -0.05) is 19.9 Å². The van der Waals surface area contributed by atoms with Crippen LogP contribution in [0.2, 0.25) is 0 Å². The Balaban J connectivity index is 2.67. The molecule has 3 nitrogen and oxygen atoms in total. The molecule has 1 aromatic carbocycles. The van der Waals surface area contributed by atoms with Crippen molar-refractivity contribution >= 4 is 0 Å². The minimum absolute atomic E-state index is 0.0493. The minimum Gasteiger partial charge on any atom is -0.508 e. The second-order valence-electron chi connectivity index (χ2n) is 5.13. The van der Waals surface area contributed by atoms with E-state index in [0.29, 0.717) is 12.1 Å². The summed E-state index contributed by atoms with van der Waals surface area (Å²) < 4.78 is 12.8. The molecule has 0 saturated heterocycles. The molecule has 0 saturated carbocycles. The number of halogens is 1. The van der Waals surface area contributed by atoms with Crippen LogP contribution in [0.5, 0.6) is 5.75 Å². The van der Waals surface area contributed by atoms with Gasteiger partial charge < -0.3 is 15.5 Å². The minimum atomic E-state index is -0.450. The fourth-order valence-corrected chi connectivity index (χ4v) is 1.48. The molecule has 96 valence electrons. The largest absolute Gasteiger partial charge is 0.508 e. The fraction of sp³-hybridized carbons (Fsp3) is 0.538. The van der Waals surface area contributed by atoms with E-state index in [9.17, 15) is 9.50 Å². The standard InChI is InChI=1S/C13H20FNO2/c1-9(15-7-13(2,3)8-16)11-5-4-10(14)6-12(11)17/h4-6,9,15-17H,7-8H2,1-3H3. The molecule has 1 atom stereocenters. The molecule has 0 aliphatic heterocycles. The van der Waals surface area contributed by atoms with Crippen molar-refractivity contribution < 1.29 is 14.6 Å². The fourth-order valence-electron chi connectivity index (χ4n) is 1.48. The first-order chi connectivity index (χ1) is 7.85. The van der Waals surface area contributed by atoms with Crippen molar-refractivity contribution in [2.24, 2.45) is 5.41 Å². The van der Waals surface area contributed by atoms with Gasteiger partial charge in [0.1, 0.15) is 11.6 Å². The molecule has 0 aliphatic carbocycles. The molecule has 0 spiro atoms. The normalized spacial score (nSPS) is 13.7. The highest BCUT2D eigenvalue weighted by molar-refractivity contribution is 5.34. The number of aliphatic hydroxyl groups excluding tert-OH is 1. The second kappa shape index (κ2) is 5.47. The Kier molecular flexibility index (Phi) is 4.48. The lowest BCUT2D eigenvalue weighted by Crippen LogP contribution is -2.33. The third-order valence-corrected chi connectivity index (χ3v) is 2.77. The molecular weight excluding hydrogens is 221 g/mol. The summed E-state index contributed by atoms with van der Waals surface area (Å²) in [6.45, 7) is 6.47. The average Bonchev–Trinajstić information content (AvgIpc) is 2.26. The van der Waals surface area contributed by atoms with Crippen LogP contribution in [-0.2, 0) is 0 Å². The van der Waals surface area contributed by atoms with Crippen LogP contribution in [-0.4, -0.2) is 23.4 Å². The maximum Gasteiger partial charge on any atom is 0.126 e. The SMILES string of the molecule is CC(NCC(C)(C)CO)c1ccc(F)cc1O. The Labute approximate surface area is 101 Å². The zero-order chi connectivity index (χ0) is 13.1. The summed E-state index contributed by atoms with van der Waals surface area (Å²) in [6, 6.07) is 3.89. The molecule has 1 unspecified atom stereocenters. The molecule has 0 aliphatic rings. The number of benzene rings is 1. The predicted molar refractivity (Wildman–Crippen MR) is 65.3 cm³/mol. The molecule has 4 heteroatoms. The van der Waals surface area contributed by atoms with E-state index >= 15 is 0 Å². The maximum atomic E-state index is 12.8. The van der Waals surface area contributed by atoms with Gasteiger partial charge in [-0.15, -0.1) is 0 Å². The van der Waals surface area contributed by atoms with Crippen LogP contribution >= 0.6 is 0 Å². The zero-order valence-electron chi connectivity index (χ0n) is 10.5. The Hall–Kier alpha value is -1.13. The van der Waals surface area contributed by atoms with Crippen LogP contribution in [0.25, 0.3) is 0 Å². The van der Waals surface area contributed by atoms with Crippen molar-refractivity contribution in [3.8, 4) is 5.75 Å². The number of phenols is 1. The Morgan fingerprint density at radius 2 is 2.06 bits per heavy atom. The van der Waals surface area contributed by atoms with E-state index in [-0.39, 0.29) is 23.8 Å². The number of rotatable bonds is 5. The lowest BCUT2D eigenvalue weighted by Gasteiger charge is -2.25. The Morgan fingerprint density at radius 3 is 2.59 bits per heavy atom. The van der Waals surface area contributed by atoms with Crippen LogP contribution < -0.4 is 5.32 Å². The van der Waals surface area contributed by atoms with Gasteiger partial charge in [-0.2, -0.15) is 0 Å². The lowest BCUT2D eigenvalue weighted by atomic mass is 9.94. The molecular formula is C13H20FNO2. The number of phenolic OH excluding ortho intramolecular Hbond substituents is 1. The molecule has 0 amide bonds. The van der Waals surface area contributed by atoms with Gasteiger partial charge in [-0.05, 0) is 13.0 Å². The summed E-state index contributed by atoms with van der Waals surface area (Å²) >= 11 is 0. The third-order valence-electron chi connectivity index (χ3n) is 2.77. The van der Waals surface area contributed by atoms with Crippen molar-refractivity contribution in [1.29, 1.82) is 0 Å². The van der Waals surface area contributed by atoms with E-state index in [4.69, 9.17) is 5.11 Å². The summed E-state index contributed by atoms with van der Waals surface area (Å²) in [6.07, 6.45) is 0. The van der Waals surface area contributed by atoms with Gasteiger partial charge >= 0.3 is 0 Å². The molecule has 1 rings (SSSR count). The summed E-state index contributed by atoms with van der Waals surface area (Å²) in [7, 11) is 0. The highest BCUT2D eigenvalue weighted by atomic mass is 19.1. The zero-order valence-corrected chi connectivity index (χ0v) is 10.5. The number of aliphatic hydroxyl groups is 1. The molecule has 17 heavy (non-hydrogen) atoms. The summed E-state index contributed by atoms with van der Waals surface area (Å²) in [5, 5.41) is 22.0. The van der Waals surface area contributed by atoms with Crippen molar-refractivity contribution in [1.82, 2.24) is 5.32 Å². The van der Waals surface area contributed by atoms with E-state index in [1.165, 1.54) is 6.07 Å². The van der Waals surface area contributed by atoms with Crippen LogP contribution in [0.3, 0.4) is 0 Å². The molecule has 0 fully saturated rings. The summed E-state index contributed by atoms with van der Waals surface area (Å²) in [5.41, 5.74) is 0.435. The van der Waals surface area contributed by atoms with Crippen LogP contribution in [0.15, 0.2) is 18.2 Å². The van der Waals surface area contributed by atoms with E-state index in [0.717, 1.165) is 6.07 Å². The van der Waals surface area contributed by atoms with Gasteiger partial charge in [0.2, 0.25) is 0 Å². The van der Waals surface area contributed by atoms with Crippen LogP contribution in [0, 0.1) is 11.2 Å². The van der Waals surface area contributed by atoms with E-state index in [1.807, 2.05) is 20.8 Å². The second-order valence-corrected chi connectivity index (χ2v) is 5.13. The first kappa shape index (κ1) is 13.9. The quantitative estimate of drug-likeness (QED) is 0.740. The molecule has 0 aromatic heterocycles. The molecule has 0 heterocycles. The molecule has 0 radical (unpaired) electrons.